The molecule has 0 unspecified atom stereocenters. The van der Waals surface area contributed by atoms with Crippen molar-refractivity contribution in [1.29, 1.82) is 0 Å². The van der Waals surface area contributed by atoms with Crippen LogP contribution in [0.25, 0.3) is 0 Å². The Morgan fingerprint density at radius 1 is 1.47 bits per heavy atom. The van der Waals surface area contributed by atoms with E-state index in [1.54, 1.807) is 6.08 Å². The van der Waals surface area contributed by atoms with Gasteiger partial charge in [-0.1, -0.05) is 6.08 Å². The minimum absolute atomic E-state index is 0.708. The Balaban J connectivity index is 2.07. The van der Waals surface area contributed by atoms with Crippen LogP contribution in [-0.2, 0) is 4.79 Å². The fourth-order valence-corrected chi connectivity index (χ4v) is 1.74. The normalized spacial score (nSPS) is 18.0. The first-order valence-corrected chi connectivity index (χ1v) is 5.49. The third-order valence-electron chi connectivity index (χ3n) is 2.67. The van der Waals surface area contributed by atoms with Crippen molar-refractivity contribution in [3.8, 4) is 0 Å². The summed E-state index contributed by atoms with van der Waals surface area (Å²) in [5.41, 5.74) is 0. The zero-order chi connectivity index (χ0) is 11.1. The van der Waals surface area contributed by atoms with E-state index in [0.717, 1.165) is 13.1 Å². The number of likely N-dealkylation sites (N-methyl/N-ethyl adjacent to an activating group) is 1. The molecule has 1 saturated heterocycles. The molecular formula is C11H20N2O2. The third kappa shape index (κ3) is 5.54. The molecule has 0 atom stereocenters. The lowest BCUT2D eigenvalue weighted by Crippen LogP contribution is -2.31. The van der Waals surface area contributed by atoms with Crippen LogP contribution < -0.4 is 0 Å². The molecule has 0 aromatic carbocycles. The van der Waals surface area contributed by atoms with Crippen molar-refractivity contribution in [1.82, 2.24) is 9.80 Å². The first-order valence-electron chi connectivity index (χ1n) is 5.49. The van der Waals surface area contributed by atoms with Gasteiger partial charge in [0, 0.05) is 25.7 Å². The Labute approximate surface area is 91.2 Å². The summed E-state index contributed by atoms with van der Waals surface area (Å²) in [6.07, 6.45) is 5.53. The maximum Gasteiger partial charge on any atom is 0.328 e. The monoisotopic (exact) mass is 212 g/mol. The number of carboxylic acids is 1. The van der Waals surface area contributed by atoms with Gasteiger partial charge in [0.15, 0.2) is 0 Å². The fraction of sp³-hybridized carbons (Fsp3) is 0.727. The van der Waals surface area contributed by atoms with E-state index in [4.69, 9.17) is 5.11 Å². The summed E-state index contributed by atoms with van der Waals surface area (Å²) in [4.78, 5) is 14.8. The lowest BCUT2D eigenvalue weighted by Gasteiger charge is -2.19. The number of nitrogens with zero attached hydrogens (tertiary/aromatic N) is 2. The molecule has 0 amide bonds. The SMILES string of the molecule is CN(CC=CC(=O)O)CCN1CCCC1. The molecule has 0 radical (unpaired) electrons. The minimum atomic E-state index is -0.872. The summed E-state index contributed by atoms with van der Waals surface area (Å²) < 4.78 is 0. The highest BCUT2D eigenvalue weighted by Gasteiger charge is 2.10. The maximum atomic E-state index is 10.2. The number of hydrogen-bond acceptors (Lipinski definition) is 3. The van der Waals surface area contributed by atoms with Crippen molar-refractivity contribution >= 4 is 5.97 Å². The molecule has 0 aliphatic carbocycles. The van der Waals surface area contributed by atoms with Crippen LogP contribution in [0.4, 0.5) is 0 Å². The average molecular weight is 212 g/mol. The Morgan fingerprint density at radius 3 is 2.73 bits per heavy atom. The molecule has 0 saturated carbocycles. The first kappa shape index (κ1) is 12.2. The Bertz CT molecular complexity index is 223. The Morgan fingerprint density at radius 2 is 2.13 bits per heavy atom. The van der Waals surface area contributed by atoms with Gasteiger partial charge >= 0.3 is 5.97 Å². The van der Waals surface area contributed by atoms with Gasteiger partial charge in [0.05, 0.1) is 0 Å². The van der Waals surface area contributed by atoms with Crippen LogP contribution in [0.2, 0.25) is 0 Å². The summed E-state index contributed by atoms with van der Waals surface area (Å²) in [6.45, 7) is 5.25. The van der Waals surface area contributed by atoms with Gasteiger partial charge in [-0.3, -0.25) is 0 Å². The van der Waals surface area contributed by atoms with Gasteiger partial charge in [0.25, 0.3) is 0 Å². The van der Waals surface area contributed by atoms with Crippen molar-refractivity contribution in [3.05, 3.63) is 12.2 Å². The highest BCUT2D eigenvalue weighted by Crippen LogP contribution is 2.06. The lowest BCUT2D eigenvalue weighted by atomic mass is 10.4. The number of carboxylic acid groups (broad SMARTS) is 1. The first-order chi connectivity index (χ1) is 7.18. The van der Waals surface area contributed by atoms with Gasteiger partial charge in [0.1, 0.15) is 0 Å². The smallest absolute Gasteiger partial charge is 0.328 e. The molecule has 1 heterocycles. The Kier molecular flexibility index (Phi) is 5.36. The molecule has 0 aromatic heterocycles. The molecule has 1 N–H and O–H groups in total. The molecule has 15 heavy (non-hydrogen) atoms. The van der Waals surface area contributed by atoms with Gasteiger partial charge in [-0.25, -0.2) is 4.79 Å². The van der Waals surface area contributed by atoms with Gasteiger partial charge in [-0.15, -0.1) is 0 Å². The summed E-state index contributed by atoms with van der Waals surface area (Å²) in [5, 5.41) is 8.42. The van der Waals surface area contributed by atoms with E-state index < -0.39 is 5.97 Å². The maximum absolute atomic E-state index is 10.2. The molecule has 1 fully saturated rings. The van der Waals surface area contributed by atoms with Gasteiger partial charge in [-0.05, 0) is 33.0 Å². The average Bonchev–Trinajstić information content (AvgIpc) is 2.66. The van der Waals surface area contributed by atoms with Crippen molar-refractivity contribution in [3.63, 3.8) is 0 Å². The van der Waals surface area contributed by atoms with E-state index in [1.165, 1.54) is 32.0 Å². The lowest BCUT2D eigenvalue weighted by molar-refractivity contribution is -0.131. The summed E-state index contributed by atoms with van der Waals surface area (Å²) in [7, 11) is 2.02. The largest absolute Gasteiger partial charge is 0.478 e. The van der Waals surface area contributed by atoms with Crippen molar-refractivity contribution in [2.24, 2.45) is 0 Å². The molecule has 0 bridgehead atoms. The zero-order valence-corrected chi connectivity index (χ0v) is 9.35. The molecule has 0 aromatic rings. The molecule has 1 aliphatic rings. The van der Waals surface area contributed by atoms with E-state index in [0.29, 0.717) is 6.54 Å². The van der Waals surface area contributed by atoms with Crippen LogP contribution in [0.5, 0.6) is 0 Å². The summed E-state index contributed by atoms with van der Waals surface area (Å²) in [6, 6.07) is 0. The minimum Gasteiger partial charge on any atom is -0.478 e. The predicted octanol–water partition coefficient (Wildman–Crippen LogP) is 0.655. The fourth-order valence-electron chi connectivity index (χ4n) is 1.74. The summed E-state index contributed by atoms with van der Waals surface area (Å²) >= 11 is 0. The van der Waals surface area contributed by atoms with Crippen molar-refractivity contribution < 1.29 is 9.90 Å². The van der Waals surface area contributed by atoms with Crippen molar-refractivity contribution in [2.75, 3.05) is 39.8 Å². The standard InChI is InChI=1S/C11H20N2O2/c1-12(6-4-5-11(14)15)9-10-13-7-2-3-8-13/h4-5H,2-3,6-10H2,1H3,(H,14,15). The molecule has 1 aliphatic heterocycles. The second-order valence-corrected chi connectivity index (χ2v) is 4.05. The van der Waals surface area contributed by atoms with Crippen LogP contribution >= 0.6 is 0 Å². The van der Waals surface area contributed by atoms with Crippen LogP contribution in [-0.4, -0.2) is 60.6 Å². The van der Waals surface area contributed by atoms with E-state index in [1.807, 2.05) is 7.05 Å². The number of carbonyl (C=O) groups is 1. The molecule has 4 heteroatoms. The highest BCUT2D eigenvalue weighted by molar-refractivity contribution is 5.79. The topological polar surface area (TPSA) is 43.8 Å². The predicted molar refractivity (Wildman–Crippen MR) is 59.9 cm³/mol. The van der Waals surface area contributed by atoms with Gasteiger partial charge in [-0.2, -0.15) is 0 Å². The number of rotatable bonds is 6. The summed E-state index contributed by atoms with van der Waals surface area (Å²) in [5.74, 6) is -0.872. The van der Waals surface area contributed by atoms with E-state index in [2.05, 4.69) is 9.80 Å². The number of aliphatic carboxylic acids is 1. The second-order valence-electron chi connectivity index (χ2n) is 4.05. The highest BCUT2D eigenvalue weighted by atomic mass is 16.4. The molecule has 1 rings (SSSR count). The van der Waals surface area contributed by atoms with Crippen LogP contribution in [0, 0.1) is 0 Å². The zero-order valence-electron chi connectivity index (χ0n) is 9.35. The quantitative estimate of drug-likeness (QED) is 0.657. The number of hydrogen-bond donors (Lipinski definition) is 1. The van der Waals surface area contributed by atoms with Gasteiger partial charge in [0.2, 0.25) is 0 Å². The third-order valence-corrected chi connectivity index (χ3v) is 2.67. The van der Waals surface area contributed by atoms with E-state index >= 15 is 0 Å². The van der Waals surface area contributed by atoms with E-state index in [9.17, 15) is 4.79 Å². The molecular weight excluding hydrogens is 192 g/mol. The van der Waals surface area contributed by atoms with Crippen LogP contribution in [0.1, 0.15) is 12.8 Å². The van der Waals surface area contributed by atoms with E-state index in [-0.39, 0.29) is 0 Å². The molecule has 0 spiro atoms. The molecule has 4 nitrogen and oxygen atoms in total. The second kappa shape index (κ2) is 6.58. The van der Waals surface area contributed by atoms with Crippen LogP contribution in [0.3, 0.4) is 0 Å². The Hall–Kier alpha value is -0.870. The number of likely N-dealkylation sites (tertiary alicyclic amines) is 1. The van der Waals surface area contributed by atoms with Gasteiger partial charge < -0.3 is 14.9 Å². The van der Waals surface area contributed by atoms with Crippen molar-refractivity contribution in [2.45, 2.75) is 12.8 Å². The molecule has 86 valence electrons. The van der Waals surface area contributed by atoms with Crippen LogP contribution in [0.15, 0.2) is 12.2 Å².